The number of aromatic nitrogens is 1. The molecule has 0 bridgehead atoms. The van der Waals surface area contributed by atoms with Crippen LogP contribution in [0.3, 0.4) is 0 Å². The molecule has 1 aromatic carbocycles. The van der Waals surface area contributed by atoms with E-state index in [-0.39, 0.29) is 6.61 Å². The number of hydrogen-bond acceptors (Lipinski definition) is 2. The zero-order valence-corrected chi connectivity index (χ0v) is 9.07. The molecular formula is C12H16N2O. The Morgan fingerprint density at radius 1 is 1.33 bits per heavy atom. The van der Waals surface area contributed by atoms with Gasteiger partial charge in [0.1, 0.15) is 0 Å². The van der Waals surface area contributed by atoms with Crippen molar-refractivity contribution in [1.82, 2.24) is 4.57 Å². The van der Waals surface area contributed by atoms with Gasteiger partial charge in [0, 0.05) is 28.3 Å². The van der Waals surface area contributed by atoms with Crippen molar-refractivity contribution in [1.29, 1.82) is 0 Å². The molecule has 1 heterocycles. The lowest BCUT2D eigenvalue weighted by molar-refractivity contribution is 0.269. The lowest BCUT2D eigenvalue weighted by atomic mass is 10.2. The summed E-state index contributed by atoms with van der Waals surface area (Å²) in [5.74, 6) is 0. The Bertz CT molecular complexity index is 486. The van der Waals surface area contributed by atoms with Gasteiger partial charge in [0.25, 0.3) is 0 Å². The first-order valence-corrected chi connectivity index (χ1v) is 5.13. The van der Waals surface area contributed by atoms with E-state index in [1.165, 1.54) is 0 Å². The lowest BCUT2D eigenvalue weighted by Gasteiger charge is -2.13. The van der Waals surface area contributed by atoms with Crippen LogP contribution >= 0.6 is 0 Å². The Morgan fingerprint density at radius 2 is 2.07 bits per heavy atom. The highest BCUT2D eigenvalue weighted by Crippen LogP contribution is 2.25. The molecule has 0 aliphatic heterocycles. The van der Waals surface area contributed by atoms with Gasteiger partial charge in [-0.15, -0.1) is 0 Å². The predicted octanol–water partition coefficient (Wildman–Crippen LogP) is 2.30. The quantitative estimate of drug-likeness (QED) is 0.737. The van der Waals surface area contributed by atoms with Crippen molar-refractivity contribution in [3.63, 3.8) is 0 Å². The van der Waals surface area contributed by atoms with Gasteiger partial charge in [-0.05, 0) is 38.1 Å². The van der Waals surface area contributed by atoms with Crippen LogP contribution < -0.4 is 5.73 Å². The third kappa shape index (κ3) is 1.59. The molecule has 3 heteroatoms. The zero-order chi connectivity index (χ0) is 11.0. The maximum Gasteiger partial charge on any atom is 0.0833 e. The number of fused-ring (bicyclic) bond motifs is 1. The topological polar surface area (TPSA) is 51.2 Å². The Balaban J connectivity index is 2.74. The van der Waals surface area contributed by atoms with Crippen molar-refractivity contribution >= 4 is 16.6 Å². The average Bonchev–Trinajstić information content (AvgIpc) is 2.54. The van der Waals surface area contributed by atoms with Gasteiger partial charge in [-0.1, -0.05) is 0 Å². The third-order valence-corrected chi connectivity index (χ3v) is 2.62. The fraction of sp³-hybridized carbons (Fsp3) is 0.333. The van der Waals surface area contributed by atoms with E-state index in [2.05, 4.69) is 18.4 Å². The summed E-state index contributed by atoms with van der Waals surface area (Å²) in [6, 6.07) is 8.17. The molecule has 3 nitrogen and oxygen atoms in total. The average molecular weight is 204 g/mol. The van der Waals surface area contributed by atoms with Gasteiger partial charge in [-0.25, -0.2) is 0 Å². The summed E-state index contributed by atoms with van der Waals surface area (Å²) in [4.78, 5) is 0. The fourth-order valence-corrected chi connectivity index (χ4v) is 2.04. The predicted molar refractivity (Wildman–Crippen MR) is 62.7 cm³/mol. The monoisotopic (exact) mass is 204 g/mol. The second kappa shape index (κ2) is 3.59. The minimum Gasteiger partial charge on any atom is -0.399 e. The lowest BCUT2D eigenvalue weighted by Crippen LogP contribution is -2.04. The minimum absolute atomic E-state index is 0.0623. The number of benzene rings is 1. The van der Waals surface area contributed by atoms with Crippen molar-refractivity contribution in [2.45, 2.75) is 26.5 Å². The van der Waals surface area contributed by atoms with Crippen LogP contribution in [0.4, 0.5) is 5.69 Å². The Labute approximate surface area is 89.1 Å². The maximum atomic E-state index is 9.29. The van der Waals surface area contributed by atoms with Crippen LogP contribution in [0, 0.1) is 0 Å². The molecule has 0 amide bonds. The first-order chi connectivity index (χ1) is 7.13. The minimum atomic E-state index is 0.0623. The van der Waals surface area contributed by atoms with E-state index in [9.17, 15) is 5.11 Å². The number of aliphatic hydroxyl groups is 1. The van der Waals surface area contributed by atoms with Crippen molar-refractivity contribution in [2.24, 2.45) is 0 Å². The first-order valence-electron chi connectivity index (χ1n) is 5.13. The SMILES string of the molecule is CC(C)n1c(CO)cc2cc(N)ccc21. The highest BCUT2D eigenvalue weighted by atomic mass is 16.3. The molecule has 0 fully saturated rings. The smallest absolute Gasteiger partial charge is 0.0833 e. The molecule has 0 unspecified atom stereocenters. The van der Waals surface area contributed by atoms with Crippen LogP contribution in [0.15, 0.2) is 24.3 Å². The molecule has 15 heavy (non-hydrogen) atoms. The van der Waals surface area contributed by atoms with Crippen LogP contribution in [-0.2, 0) is 6.61 Å². The van der Waals surface area contributed by atoms with Gasteiger partial charge >= 0.3 is 0 Å². The third-order valence-electron chi connectivity index (χ3n) is 2.62. The van der Waals surface area contributed by atoms with E-state index in [0.29, 0.717) is 6.04 Å². The summed E-state index contributed by atoms with van der Waals surface area (Å²) in [7, 11) is 0. The Hall–Kier alpha value is -1.48. The number of rotatable bonds is 2. The summed E-state index contributed by atoms with van der Waals surface area (Å²) < 4.78 is 2.13. The molecule has 3 N–H and O–H groups in total. The van der Waals surface area contributed by atoms with E-state index in [1.54, 1.807) is 0 Å². The van der Waals surface area contributed by atoms with Gasteiger partial charge < -0.3 is 15.4 Å². The molecule has 2 aromatic rings. The summed E-state index contributed by atoms with van der Waals surface area (Å²) in [6.45, 7) is 4.27. The molecule has 0 aliphatic rings. The summed E-state index contributed by atoms with van der Waals surface area (Å²) in [6.07, 6.45) is 0. The number of hydrogen-bond donors (Lipinski definition) is 2. The zero-order valence-electron chi connectivity index (χ0n) is 9.07. The maximum absolute atomic E-state index is 9.29. The van der Waals surface area contributed by atoms with Crippen LogP contribution in [0.2, 0.25) is 0 Å². The first kappa shape index (κ1) is 10.1. The van der Waals surface area contributed by atoms with Crippen LogP contribution in [0.1, 0.15) is 25.6 Å². The number of nitrogens with two attached hydrogens (primary N) is 1. The van der Waals surface area contributed by atoms with E-state index < -0.39 is 0 Å². The Morgan fingerprint density at radius 3 is 2.67 bits per heavy atom. The second-order valence-corrected chi connectivity index (χ2v) is 4.08. The number of nitrogen functional groups attached to an aromatic ring is 1. The van der Waals surface area contributed by atoms with Crippen LogP contribution in [-0.4, -0.2) is 9.67 Å². The molecule has 0 spiro atoms. The number of aliphatic hydroxyl groups excluding tert-OH is 1. The molecular weight excluding hydrogens is 188 g/mol. The second-order valence-electron chi connectivity index (χ2n) is 4.08. The molecule has 0 radical (unpaired) electrons. The van der Waals surface area contributed by atoms with Gasteiger partial charge in [0.2, 0.25) is 0 Å². The van der Waals surface area contributed by atoms with Crippen molar-refractivity contribution in [2.75, 3.05) is 5.73 Å². The fourth-order valence-electron chi connectivity index (χ4n) is 2.04. The van der Waals surface area contributed by atoms with Gasteiger partial charge in [0.15, 0.2) is 0 Å². The van der Waals surface area contributed by atoms with Crippen molar-refractivity contribution in [3.8, 4) is 0 Å². The van der Waals surface area contributed by atoms with E-state index in [0.717, 1.165) is 22.3 Å². The summed E-state index contributed by atoms with van der Waals surface area (Å²) in [5, 5.41) is 10.4. The van der Waals surface area contributed by atoms with E-state index in [4.69, 9.17) is 5.73 Å². The summed E-state index contributed by atoms with van der Waals surface area (Å²) >= 11 is 0. The molecule has 1 aromatic heterocycles. The molecule has 0 atom stereocenters. The van der Waals surface area contributed by atoms with Gasteiger partial charge in [-0.2, -0.15) is 0 Å². The molecule has 0 saturated heterocycles. The molecule has 0 aliphatic carbocycles. The molecule has 2 rings (SSSR count). The standard InChI is InChI=1S/C12H16N2O/c1-8(2)14-11(7-15)6-9-5-10(13)3-4-12(9)14/h3-6,8,15H,7,13H2,1-2H3. The number of anilines is 1. The summed E-state index contributed by atoms with van der Waals surface area (Å²) in [5.41, 5.74) is 8.55. The molecule has 80 valence electrons. The van der Waals surface area contributed by atoms with Crippen LogP contribution in [0.5, 0.6) is 0 Å². The van der Waals surface area contributed by atoms with Crippen molar-refractivity contribution in [3.05, 3.63) is 30.0 Å². The Kier molecular flexibility index (Phi) is 2.40. The highest BCUT2D eigenvalue weighted by molar-refractivity contribution is 5.84. The van der Waals surface area contributed by atoms with Crippen LogP contribution in [0.25, 0.3) is 10.9 Å². The largest absolute Gasteiger partial charge is 0.399 e. The van der Waals surface area contributed by atoms with E-state index >= 15 is 0 Å². The number of nitrogens with zero attached hydrogens (tertiary/aromatic N) is 1. The van der Waals surface area contributed by atoms with E-state index in [1.807, 2.05) is 24.3 Å². The van der Waals surface area contributed by atoms with Gasteiger partial charge in [-0.3, -0.25) is 0 Å². The normalized spacial score (nSPS) is 11.5. The molecule has 0 saturated carbocycles. The van der Waals surface area contributed by atoms with Crippen molar-refractivity contribution < 1.29 is 5.11 Å². The van der Waals surface area contributed by atoms with Gasteiger partial charge in [0.05, 0.1) is 6.61 Å². The highest BCUT2D eigenvalue weighted by Gasteiger charge is 2.10.